The molecular weight excluding hydrogens is 548 g/mol. The fourth-order valence-corrected chi connectivity index (χ4v) is 6.11. The Kier molecular flexibility index (Phi) is 10.3. The Morgan fingerprint density at radius 1 is 0.833 bits per heavy atom. The number of rotatable bonds is 9. The minimum absolute atomic E-state index is 0.134. The van der Waals surface area contributed by atoms with Gasteiger partial charge in [-0.3, -0.25) is 19.5 Å². The summed E-state index contributed by atoms with van der Waals surface area (Å²) in [5.41, 5.74) is 0.199. The largest absolute Gasteiger partial charge is 0.444 e. The van der Waals surface area contributed by atoms with Crippen molar-refractivity contribution < 1.29 is 19.1 Å². The molecule has 0 aliphatic carbocycles. The van der Waals surface area contributed by atoms with E-state index in [2.05, 4.69) is 11.1 Å². The van der Waals surface area contributed by atoms with Gasteiger partial charge in [0.1, 0.15) is 17.7 Å². The summed E-state index contributed by atoms with van der Waals surface area (Å²) in [4.78, 5) is 45.6. The van der Waals surface area contributed by atoms with Crippen LogP contribution >= 0.6 is 11.3 Å². The van der Waals surface area contributed by atoms with E-state index in [9.17, 15) is 14.4 Å². The van der Waals surface area contributed by atoms with E-state index in [1.165, 1.54) is 9.80 Å². The Morgan fingerprint density at radius 3 is 2.14 bits per heavy atom. The molecule has 0 radical (unpaired) electrons. The van der Waals surface area contributed by atoms with Gasteiger partial charge in [-0.05, 0) is 61.4 Å². The van der Waals surface area contributed by atoms with Crippen molar-refractivity contribution in [2.75, 3.05) is 34.2 Å². The summed E-state index contributed by atoms with van der Waals surface area (Å²) in [5.74, 6) is -0.441. The minimum atomic E-state index is -0.870. The molecule has 2 aromatic carbocycles. The van der Waals surface area contributed by atoms with Crippen LogP contribution in [0.5, 0.6) is 0 Å². The third-order valence-corrected chi connectivity index (χ3v) is 8.73. The van der Waals surface area contributed by atoms with Crippen molar-refractivity contribution >= 4 is 40.0 Å². The Hall–Kier alpha value is -3.43. The molecule has 2 heterocycles. The molecule has 3 aromatic rings. The van der Waals surface area contributed by atoms with Gasteiger partial charge >= 0.3 is 6.09 Å². The zero-order chi connectivity index (χ0) is 30.4. The van der Waals surface area contributed by atoms with Gasteiger partial charge in [0.2, 0.25) is 5.91 Å². The summed E-state index contributed by atoms with van der Waals surface area (Å²) in [6.45, 7) is 7.04. The molecular formula is C33H44N4O4S. The molecule has 1 aliphatic rings. The highest BCUT2D eigenvalue weighted by atomic mass is 32.1. The van der Waals surface area contributed by atoms with Gasteiger partial charge in [-0.2, -0.15) is 0 Å². The van der Waals surface area contributed by atoms with Crippen LogP contribution in [-0.2, 0) is 27.2 Å². The maximum Gasteiger partial charge on any atom is 0.410 e. The highest BCUT2D eigenvalue weighted by Crippen LogP contribution is 2.23. The molecule has 1 aliphatic heterocycles. The van der Waals surface area contributed by atoms with E-state index >= 15 is 0 Å². The van der Waals surface area contributed by atoms with Crippen molar-refractivity contribution in [1.82, 2.24) is 19.8 Å². The molecule has 4 rings (SSSR count). The van der Waals surface area contributed by atoms with Crippen LogP contribution in [0.4, 0.5) is 4.79 Å². The van der Waals surface area contributed by atoms with Gasteiger partial charge in [0.05, 0.1) is 0 Å². The molecule has 2 unspecified atom stereocenters. The molecule has 0 saturated carbocycles. The quantitative estimate of drug-likeness (QED) is 0.323. The Labute approximate surface area is 253 Å². The molecule has 2 atom stereocenters. The lowest BCUT2D eigenvalue weighted by molar-refractivity contribution is -0.157. The first-order valence-electron chi connectivity index (χ1n) is 14.7. The first-order valence-corrected chi connectivity index (χ1v) is 15.6. The molecule has 42 heavy (non-hydrogen) atoms. The number of hydrogen-bond acceptors (Lipinski definition) is 6. The van der Waals surface area contributed by atoms with E-state index in [1.54, 1.807) is 58.3 Å². The molecule has 1 saturated heterocycles. The maximum atomic E-state index is 14.4. The second-order valence-electron chi connectivity index (χ2n) is 12.1. The third-order valence-electron chi connectivity index (χ3n) is 7.83. The van der Waals surface area contributed by atoms with E-state index in [-0.39, 0.29) is 18.2 Å². The normalized spacial score (nSPS) is 15.6. The van der Waals surface area contributed by atoms with Crippen molar-refractivity contribution in [3.8, 4) is 0 Å². The second-order valence-corrected chi connectivity index (χ2v) is 13.1. The summed E-state index contributed by atoms with van der Waals surface area (Å²) in [6, 6.07) is 16.5. The van der Waals surface area contributed by atoms with E-state index in [1.807, 2.05) is 53.9 Å². The average Bonchev–Trinajstić information content (AvgIpc) is 3.50. The van der Waals surface area contributed by atoms with Gasteiger partial charge < -0.3 is 9.64 Å². The van der Waals surface area contributed by atoms with Crippen LogP contribution in [0.3, 0.4) is 0 Å². The number of hydrazine groups is 1. The fraction of sp³-hybridized carbons (Fsp3) is 0.485. The van der Waals surface area contributed by atoms with Gasteiger partial charge in [0, 0.05) is 52.0 Å². The highest BCUT2D eigenvalue weighted by molar-refractivity contribution is 7.09. The van der Waals surface area contributed by atoms with E-state index in [0.717, 1.165) is 53.6 Å². The SMILES string of the molecule is CN(C(=O)OC(C)(C)C)C(Cc1ccc2ccccc2c1)C(=O)N(C)C(Cc1cccs1)C(=O)N(C)N1CCCCC1. The molecule has 1 fully saturated rings. The van der Waals surface area contributed by atoms with Crippen LogP contribution in [0.15, 0.2) is 60.0 Å². The van der Waals surface area contributed by atoms with Crippen molar-refractivity contribution in [3.05, 3.63) is 70.4 Å². The number of piperidine rings is 1. The first kappa shape index (κ1) is 31.5. The van der Waals surface area contributed by atoms with Gasteiger partial charge in [-0.25, -0.2) is 9.80 Å². The zero-order valence-corrected chi connectivity index (χ0v) is 26.5. The number of amides is 3. The predicted octanol–water partition coefficient (Wildman–Crippen LogP) is 5.61. The number of hydrogen-bond donors (Lipinski definition) is 0. The maximum absolute atomic E-state index is 14.4. The van der Waals surface area contributed by atoms with Crippen molar-refractivity contribution in [2.24, 2.45) is 0 Å². The van der Waals surface area contributed by atoms with Crippen LogP contribution in [0, 0.1) is 0 Å². The first-order chi connectivity index (χ1) is 19.9. The number of thiophene rings is 1. The van der Waals surface area contributed by atoms with Crippen LogP contribution in [-0.4, -0.2) is 89.6 Å². The predicted molar refractivity (Wildman–Crippen MR) is 168 cm³/mol. The minimum Gasteiger partial charge on any atom is -0.444 e. The van der Waals surface area contributed by atoms with Gasteiger partial charge in [0.15, 0.2) is 0 Å². The number of carbonyl (C=O) groups excluding carboxylic acids is 3. The van der Waals surface area contributed by atoms with Crippen LogP contribution in [0.1, 0.15) is 50.5 Å². The average molecular weight is 593 g/mol. The van der Waals surface area contributed by atoms with E-state index in [4.69, 9.17) is 4.74 Å². The van der Waals surface area contributed by atoms with Crippen molar-refractivity contribution in [1.29, 1.82) is 0 Å². The summed E-state index contributed by atoms with van der Waals surface area (Å²) in [7, 11) is 5.08. The Morgan fingerprint density at radius 2 is 1.50 bits per heavy atom. The number of benzene rings is 2. The number of carbonyl (C=O) groups is 3. The molecule has 226 valence electrons. The third kappa shape index (κ3) is 7.89. The number of fused-ring (bicyclic) bond motifs is 1. The van der Waals surface area contributed by atoms with Crippen LogP contribution in [0.25, 0.3) is 10.8 Å². The summed E-state index contributed by atoms with van der Waals surface area (Å²) in [6.07, 6.45) is 3.33. The standard InChI is InChI=1S/C33H44N4O4S/c1-33(2,3)41-32(40)35(5)28(22-24-16-17-25-13-8-9-14-26(25)21-24)30(38)34(4)29(23-27-15-12-20-42-27)31(39)36(6)37-18-10-7-11-19-37/h8-9,12-17,20-21,28-29H,7,10-11,18-19,22-23H2,1-6H3. The van der Waals surface area contributed by atoms with Crippen LogP contribution in [0.2, 0.25) is 0 Å². The number of ether oxygens (including phenoxy) is 1. The van der Waals surface area contributed by atoms with Gasteiger partial charge in [-0.1, -0.05) is 55.0 Å². The lowest BCUT2D eigenvalue weighted by Gasteiger charge is -2.40. The van der Waals surface area contributed by atoms with Crippen molar-refractivity contribution in [3.63, 3.8) is 0 Å². The fourth-order valence-electron chi connectivity index (χ4n) is 5.37. The molecule has 3 amide bonds. The molecule has 9 heteroatoms. The van der Waals surface area contributed by atoms with E-state index in [0.29, 0.717) is 6.42 Å². The molecule has 0 N–H and O–H groups in total. The lowest BCUT2D eigenvalue weighted by Crippen LogP contribution is -2.58. The zero-order valence-electron chi connectivity index (χ0n) is 25.7. The Balaban J connectivity index is 1.65. The summed E-state index contributed by atoms with van der Waals surface area (Å²) >= 11 is 1.57. The number of nitrogens with zero attached hydrogens (tertiary/aromatic N) is 4. The summed E-state index contributed by atoms with van der Waals surface area (Å²) in [5, 5.41) is 7.90. The van der Waals surface area contributed by atoms with E-state index < -0.39 is 23.8 Å². The topological polar surface area (TPSA) is 73.4 Å². The molecule has 0 spiro atoms. The van der Waals surface area contributed by atoms with Gasteiger partial charge in [0.25, 0.3) is 5.91 Å². The van der Waals surface area contributed by atoms with Crippen molar-refractivity contribution in [2.45, 2.75) is 70.6 Å². The lowest BCUT2D eigenvalue weighted by atomic mass is 9.99. The smallest absolute Gasteiger partial charge is 0.410 e. The molecule has 0 bridgehead atoms. The molecule has 8 nitrogen and oxygen atoms in total. The van der Waals surface area contributed by atoms with Crippen LogP contribution < -0.4 is 0 Å². The number of likely N-dealkylation sites (N-methyl/N-ethyl adjacent to an activating group) is 3. The Bertz CT molecular complexity index is 1360. The summed E-state index contributed by atoms with van der Waals surface area (Å²) < 4.78 is 5.67. The van der Waals surface area contributed by atoms with Gasteiger partial charge in [-0.15, -0.1) is 11.3 Å². The highest BCUT2D eigenvalue weighted by Gasteiger charge is 2.38. The molecule has 1 aromatic heterocycles. The second kappa shape index (κ2) is 13.7. The monoisotopic (exact) mass is 592 g/mol.